The van der Waals surface area contributed by atoms with Crippen molar-refractivity contribution < 1.29 is 18.7 Å². The lowest BCUT2D eigenvalue weighted by atomic mass is 9.96. The number of fused-ring (bicyclic) bond motifs is 1. The van der Waals surface area contributed by atoms with Gasteiger partial charge >= 0.3 is 5.97 Å². The highest BCUT2D eigenvalue weighted by molar-refractivity contribution is 7.17. The molecule has 1 fully saturated rings. The lowest BCUT2D eigenvalue weighted by Gasteiger charge is -2.35. The van der Waals surface area contributed by atoms with Crippen molar-refractivity contribution >= 4 is 33.9 Å². The van der Waals surface area contributed by atoms with Crippen molar-refractivity contribution in [3.05, 3.63) is 46.1 Å². The highest BCUT2D eigenvalue weighted by Gasteiger charge is 2.27. The van der Waals surface area contributed by atoms with Crippen molar-refractivity contribution in [3.8, 4) is 0 Å². The smallest absolute Gasteiger partial charge is 0.341 e. The number of thiophene rings is 1. The number of methoxy groups -OCH3 is 1. The third-order valence-electron chi connectivity index (χ3n) is 6.25. The molecular weight excluding hydrogens is 429 g/mol. The van der Waals surface area contributed by atoms with Crippen molar-refractivity contribution in [3.63, 3.8) is 0 Å². The second kappa shape index (κ2) is 10.4. The minimum absolute atomic E-state index is 0.111. The van der Waals surface area contributed by atoms with Crippen LogP contribution in [0.3, 0.4) is 0 Å². The van der Waals surface area contributed by atoms with Gasteiger partial charge in [0.15, 0.2) is 0 Å². The van der Waals surface area contributed by atoms with Crippen LogP contribution in [-0.4, -0.2) is 56.6 Å². The Labute approximate surface area is 192 Å². The molecule has 2 aliphatic rings. The van der Waals surface area contributed by atoms with Crippen LogP contribution in [0.1, 0.15) is 46.5 Å². The largest absolute Gasteiger partial charge is 0.465 e. The Kier molecular flexibility index (Phi) is 7.42. The lowest BCUT2D eigenvalue weighted by molar-refractivity contribution is -0.117. The molecule has 0 bridgehead atoms. The fourth-order valence-corrected chi connectivity index (χ4v) is 5.80. The summed E-state index contributed by atoms with van der Waals surface area (Å²) in [5, 5.41) is 3.63. The average Bonchev–Trinajstić information content (AvgIpc) is 3.10. The molecule has 1 aromatic heterocycles. The Bertz CT molecular complexity index is 952. The van der Waals surface area contributed by atoms with Crippen LogP contribution < -0.4 is 10.2 Å². The molecule has 0 spiro atoms. The number of amides is 1. The molecule has 6 nitrogen and oxygen atoms in total. The summed E-state index contributed by atoms with van der Waals surface area (Å²) in [6, 6.07) is 6.52. The molecule has 1 aliphatic heterocycles. The maximum Gasteiger partial charge on any atom is 0.341 e. The van der Waals surface area contributed by atoms with Crippen LogP contribution in [0.4, 0.5) is 15.1 Å². The summed E-state index contributed by atoms with van der Waals surface area (Å²) in [5.41, 5.74) is 2.60. The van der Waals surface area contributed by atoms with Crippen LogP contribution in [0.5, 0.6) is 0 Å². The number of halogens is 1. The summed E-state index contributed by atoms with van der Waals surface area (Å²) in [5.74, 6) is -0.720. The predicted molar refractivity (Wildman–Crippen MR) is 125 cm³/mol. The van der Waals surface area contributed by atoms with E-state index in [0.29, 0.717) is 10.6 Å². The second-order valence-corrected chi connectivity index (χ2v) is 9.51. The number of benzene rings is 1. The number of rotatable bonds is 5. The minimum atomic E-state index is -0.369. The van der Waals surface area contributed by atoms with E-state index in [-0.39, 0.29) is 24.2 Å². The van der Waals surface area contributed by atoms with E-state index in [2.05, 4.69) is 15.1 Å². The van der Waals surface area contributed by atoms with E-state index in [0.717, 1.165) is 63.1 Å². The Morgan fingerprint density at radius 3 is 2.41 bits per heavy atom. The van der Waals surface area contributed by atoms with Crippen molar-refractivity contribution in [2.45, 2.75) is 38.5 Å². The van der Waals surface area contributed by atoms with E-state index >= 15 is 0 Å². The Morgan fingerprint density at radius 2 is 1.72 bits per heavy atom. The highest BCUT2D eigenvalue weighted by atomic mass is 32.1. The number of piperazine rings is 1. The number of carbonyl (C=O) groups excluding carboxylic acids is 2. The zero-order valence-corrected chi connectivity index (χ0v) is 19.3. The topological polar surface area (TPSA) is 61.9 Å². The van der Waals surface area contributed by atoms with Crippen LogP contribution >= 0.6 is 11.3 Å². The number of nitrogens with one attached hydrogen (secondary N) is 1. The first-order chi connectivity index (χ1) is 15.5. The summed E-state index contributed by atoms with van der Waals surface area (Å²) in [6.45, 7) is 3.32. The summed E-state index contributed by atoms with van der Waals surface area (Å²) in [6.07, 6.45) is 6.35. The van der Waals surface area contributed by atoms with Gasteiger partial charge in [0.25, 0.3) is 0 Å². The molecule has 8 heteroatoms. The van der Waals surface area contributed by atoms with Crippen molar-refractivity contribution in [1.29, 1.82) is 0 Å². The number of ether oxygens (including phenoxy) is 1. The molecule has 0 atom stereocenters. The van der Waals surface area contributed by atoms with Crippen LogP contribution in [0, 0.1) is 5.82 Å². The van der Waals surface area contributed by atoms with E-state index in [4.69, 9.17) is 4.74 Å². The van der Waals surface area contributed by atoms with Gasteiger partial charge in [-0.1, -0.05) is 12.8 Å². The Hall–Kier alpha value is -2.45. The van der Waals surface area contributed by atoms with E-state index in [1.165, 1.54) is 48.3 Å². The number of hydrogen-bond donors (Lipinski definition) is 1. The summed E-state index contributed by atoms with van der Waals surface area (Å²) in [7, 11) is 1.39. The number of hydrogen-bond acceptors (Lipinski definition) is 6. The normalized spacial score (nSPS) is 17.2. The molecule has 32 heavy (non-hydrogen) atoms. The standard InChI is InChI=1S/C24H30FN3O3S/c1-31-24(30)22-19-6-4-2-3-5-7-20(19)32-23(22)26-21(29)16-27-12-14-28(15-13-27)18-10-8-17(25)9-11-18/h8-11H,2-7,12-16H2,1H3,(H,26,29). The van der Waals surface area contributed by atoms with Crippen LogP contribution in [0.2, 0.25) is 0 Å². The van der Waals surface area contributed by atoms with Crippen LogP contribution in [0.15, 0.2) is 24.3 Å². The number of carbonyl (C=O) groups is 2. The fourth-order valence-electron chi connectivity index (χ4n) is 4.51. The lowest BCUT2D eigenvalue weighted by Crippen LogP contribution is -2.48. The Morgan fingerprint density at radius 1 is 1.03 bits per heavy atom. The molecule has 0 saturated carbocycles. The molecule has 2 heterocycles. The first kappa shape index (κ1) is 22.7. The molecule has 0 radical (unpaired) electrons. The molecule has 1 aliphatic carbocycles. The van der Waals surface area contributed by atoms with E-state index in [1.54, 1.807) is 12.1 Å². The van der Waals surface area contributed by atoms with Crippen molar-refractivity contribution in [2.24, 2.45) is 0 Å². The van der Waals surface area contributed by atoms with Gasteiger partial charge < -0.3 is 15.0 Å². The monoisotopic (exact) mass is 459 g/mol. The van der Waals surface area contributed by atoms with Gasteiger partial charge in [-0.05, 0) is 55.5 Å². The predicted octanol–water partition coefficient (Wildman–Crippen LogP) is 4.09. The van der Waals surface area contributed by atoms with E-state index in [9.17, 15) is 14.0 Å². The number of nitrogens with zero attached hydrogens (tertiary/aromatic N) is 2. The molecule has 1 N–H and O–H groups in total. The van der Waals surface area contributed by atoms with Gasteiger partial charge in [0, 0.05) is 36.7 Å². The van der Waals surface area contributed by atoms with Crippen molar-refractivity contribution in [1.82, 2.24) is 4.90 Å². The summed E-state index contributed by atoms with van der Waals surface area (Å²) >= 11 is 1.53. The van der Waals surface area contributed by atoms with Gasteiger partial charge in [-0.3, -0.25) is 9.69 Å². The van der Waals surface area contributed by atoms with Gasteiger partial charge in [0.05, 0.1) is 19.2 Å². The van der Waals surface area contributed by atoms with Gasteiger partial charge in [-0.15, -0.1) is 11.3 Å². The molecule has 0 unspecified atom stereocenters. The number of esters is 1. The maximum atomic E-state index is 13.2. The maximum absolute atomic E-state index is 13.2. The molecule has 4 rings (SSSR count). The Balaban J connectivity index is 1.38. The van der Waals surface area contributed by atoms with Gasteiger partial charge in [0.1, 0.15) is 10.8 Å². The van der Waals surface area contributed by atoms with Crippen molar-refractivity contribution in [2.75, 3.05) is 50.1 Å². The molecule has 1 aromatic carbocycles. The minimum Gasteiger partial charge on any atom is -0.465 e. The van der Waals surface area contributed by atoms with E-state index < -0.39 is 0 Å². The average molecular weight is 460 g/mol. The summed E-state index contributed by atoms with van der Waals surface area (Å²) < 4.78 is 18.2. The second-order valence-electron chi connectivity index (χ2n) is 8.40. The molecule has 1 saturated heterocycles. The first-order valence-corrected chi connectivity index (χ1v) is 12.1. The number of anilines is 2. The zero-order chi connectivity index (χ0) is 22.5. The molecular formula is C24H30FN3O3S. The van der Waals surface area contributed by atoms with Crippen LogP contribution in [0.25, 0.3) is 0 Å². The third kappa shape index (κ3) is 5.30. The van der Waals surface area contributed by atoms with Gasteiger partial charge in [-0.2, -0.15) is 0 Å². The first-order valence-electron chi connectivity index (χ1n) is 11.3. The molecule has 2 aromatic rings. The quantitative estimate of drug-likeness (QED) is 0.683. The van der Waals surface area contributed by atoms with E-state index in [1.807, 2.05) is 0 Å². The van der Waals surface area contributed by atoms with Gasteiger partial charge in [0.2, 0.25) is 5.91 Å². The zero-order valence-electron chi connectivity index (χ0n) is 18.5. The summed E-state index contributed by atoms with van der Waals surface area (Å²) in [4.78, 5) is 30.9. The fraction of sp³-hybridized carbons (Fsp3) is 0.500. The SMILES string of the molecule is COC(=O)c1c(NC(=O)CN2CCN(c3ccc(F)cc3)CC2)sc2c1CCCCCC2. The third-order valence-corrected chi connectivity index (χ3v) is 7.45. The van der Waals surface area contributed by atoms with Crippen LogP contribution in [-0.2, 0) is 22.4 Å². The number of aryl methyl sites for hydroxylation is 1. The molecule has 1 amide bonds. The molecule has 172 valence electrons. The van der Waals surface area contributed by atoms with Gasteiger partial charge in [-0.25, -0.2) is 9.18 Å². The highest BCUT2D eigenvalue weighted by Crippen LogP contribution is 2.37.